The Morgan fingerprint density at radius 2 is 2.22 bits per heavy atom. The van der Waals surface area contributed by atoms with E-state index in [2.05, 4.69) is 20.1 Å². The predicted molar refractivity (Wildman–Crippen MR) is 66.9 cm³/mol. The van der Waals surface area contributed by atoms with Crippen molar-refractivity contribution in [3.63, 3.8) is 0 Å². The standard InChI is InChI=1S/C11H18N4O2S/c16-18(17)6-4-9(8-18)12-7-11-14-13-10-3-1-2-5-15(10)11/h9,12H,1-8H2. The quantitative estimate of drug-likeness (QED) is 0.829. The second-order valence-corrected chi connectivity index (χ2v) is 7.35. The summed E-state index contributed by atoms with van der Waals surface area (Å²) in [5.41, 5.74) is 0. The van der Waals surface area contributed by atoms with E-state index in [9.17, 15) is 8.42 Å². The van der Waals surface area contributed by atoms with Crippen molar-refractivity contribution in [1.82, 2.24) is 20.1 Å². The summed E-state index contributed by atoms with van der Waals surface area (Å²) in [6, 6.07) is 0.0755. The van der Waals surface area contributed by atoms with Gasteiger partial charge in [0.25, 0.3) is 0 Å². The number of sulfone groups is 1. The number of fused-ring (bicyclic) bond motifs is 1. The van der Waals surface area contributed by atoms with Crippen molar-refractivity contribution >= 4 is 9.84 Å². The Morgan fingerprint density at radius 3 is 3.00 bits per heavy atom. The van der Waals surface area contributed by atoms with Gasteiger partial charge in [-0.25, -0.2) is 8.42 Å². The minimum Gasteiger partial charge on any atom is -0.314 e. The lowest BCUT2D eigenvalue weighted by Gasteiger charge is -2.16. The van der Waals surface area contributed by atoms with Crippen LogP contribution in [0.4, 0.5) is 0 Å². The van der Waals surface area contributed by atoms with Crippen LogP contribution in [-0.4, -0.2) is 40.7 Å². The molecule has 0 spiro atoms. The molecule has 0 bridgehead atoms. The lowest BCUT2D eigenvalue weighted by molar-refractivity contribution is 0.481. The molecule has 0 saturated carbocycles. The van der Waals surface area contributed by atoms with Crippen LogP contribution in [0.5, 0.6) is 0 Å². The zero-order valence-corrected chi connectivity index (χ0v) is 11.1. The van der Waals surface area contributed by atoms with Crippen LogP contribution in [0.1, 0.15) is 30.9 Å². The monoisotopic (exact) mass is 270 g/mol. The third-order valence-corrected chi connectivity index (χ3v) is 5.49. The number of rotatable bonds is 3. The van der Waals surface area contributed by atoms with E-state index in [4.69, 9.17) is 0 Å². The molecule has 1 aromatic rings. The van der Waals surface area contributed by atoms with Crippen LogP contribution in [0, 0.1) is 0 Å². The SMILES string of the molecule is O=S1(=O)CCC(NCc2nnc3n2CCCC3)C1. The van der Waals surface area contributed by atoms with E-state index in [-0.39, 0.29) is 11.8 Å². The number of hydrogen-bond acceptors (Lipinski definition) is 5. The summed E-state index contributed by atoms with van der Waals surface area (Å²) in [5, 5.41) is 11.7. The minimum absolute atomic E-state index is 0.0755. The number of aromatic nitrogens is 3. The van der Waals surface area contributed by atoms with E-state index in [0.29, 0.717) is 18.7 Å². The fourth-order valence-corrected chi connectivity index (χ4v) is 4.40. The molecule has 1 aromatic heterocycles. The lowest BCUT2D eigenvalue weighted by Crippen LogP contribution is -2.31. The number of nitrogens with one attached hydrogen (secondary N) is 1. The molecule has 1 atom stereocenters. The molecule has 7 heteroatoms. The number of hydrogen-bond donors (Lipinski definition) is 1. The lowest BCUT2D eigenvalue weighted by atomic mass is 10.1. The fraction of sp³-hybridized carbons (Fsp3) is 0.818. The maximum atomic E-state index is 11.4. The predicted octanol–water partition coefficient (Wildman–Crippen LogP) is -0.109. The normalized spacial score (nSPS) is 26.1. The molecule has 0 radical (unpaired) electrons. The second-order valence-electron chi connectivity index (χ2n) is 5.12. The van der Waals surface area contributed by atoms with Gasteiger partial charge in [0.05, 0.1) is 18.1 Å². The molecule has 2 aliphatic heterocycles. The fourth-order valence-electron chi connectivity index (χ4n) is 2.69. The van der Waals surface area contributed by atoms with Crippen LogP contribution in [0.25, 0.3) is 0 Å². The molecular formula is C11H18N4O2S. The van der Waals surface area contributed by atoms with Gasteiger partial charge in [-0.3, -0.25) is 0 Å². The maximum Gasteiger partial charge on any atom is 0.151 e. The Morgan fingerprint density at radius 1 is 1.33 bits per heavy atom. The van der Waals surface area contributed by atoms with Crippen LogP contribution in [-0.2, 0) is 29.3 Å². The highest BCUT2D eigenvalue weighted by molar-refractivity contribution is 7.91. The Hall–Kier alpha value is -0.950. The van der Waals surface area contributed by atoms with Crippen LogP contribution in [0.15, 0.2) is 0 Å². The Kier molecular flexibility index (Phi) is 3.11. The summed E-state index contributed by atoms with van der Waals surface area (Å²) in [6.45, 7) is 1.61. The number of aryl methyl sites for hydroxylation is 1. The first-order chi connectivity index (χ1) is 8.64. The van der Waals surface area contributed by atoms with Crippen molar-refractivity contribution in [2.24, 2.45) is 0 Å². The molecule has 3 rings (SSSR count). The molecule has 18 heavy (non-hydrogen) atoms. The van der Waals surface area contributed by atoms with Crippen LogP contribution >= 0.6 is 0 Å². The maximum absolute atomic E-state index is 11.4. The van der Waals surface area contributed by atoms with E-state index in [1.165, 1.54) is 12.8 Å². The smallest absolute Gasteiger partial charge is 0.151 e. The highest BCUT2D eigenvalue weighted by Crippen LogP contribution is 2.15. The first kappa shape index (κ1) is 12.1. The average Bonchev–Trinajstić information content (AvgIpc) is 2.90. The van der Waals surface area contributed by atoms with Gasteiger partial charge < -0.3 is 9.88 Å². The van der Waals surface area contributed by atoms with E-state index >= 15 is 0 Å². The van der Waals surface area contributed by atoms with Gasteiger partial charge in [-0.15, -0.1) is 10.2 Å². The van der Waals surface area contributed by atoms with Gasteiger partial charge in [0, 0.05) is 19.0 Å². The van der Waals surface area contributed by atoms with Gasteiger partial charge >= 0.3 is 0 Å². The molecule has 0 aliphatic carbocycles. The molecule has 1 fully saturated rings. The van der Waals surface area contributed by atoms with Crippen LogP contribution in [0.2, 0.25) is 0 Å². The minimum atomic E-state index is -2.81. The van der Waals surface area contributed by atoms with Gasteiger partial charge in [0.2, 0.25) is 0 Å². The van der Waals surface area contributed by atoms with Crippen molar-refractivity contribution in [2.45, 2.75) is 44.8 Å². The van der Waals surface area contributed by atoms with Crippen molar-refractivity contribution in [1.29, 1.82) is 0 Å². The molecule has 1 unspecified atom stereocenters. The molecule has 2 aliphatic rings. The van der Waals surface area contributed by atoms with Gasteiger partial charge in [-0.05, 0) is 19.3 Å². The second kappa shape index (κ2) is 4.62. The van der Waals surface area contributed by atoms with E-state index in [1.807, 2.05) is 0 Å². The van der Waals surface area contributed by atoms with Crippen molar-refractivity contribution in [3.8, 4) is 0 Å². The summed E-state index contributed by atoms with van der Waals surface area (Å²) >= 11 is 0. The van der Waals surface area contributed by atoms with Crippen molar-refractivity contribution in [2.75, 3.05) is 11.5 Å². The zero-order valence-electron chi connectivity index (χ0n) is 10.3. The molecule has 100 valence electrons. The summed E-state index contributed by atoms with van der Waals surface area (Å²) in [4.78, 5) is 0. The third-order valence-electron chi connectivity index (χ3n) is 3.72. The Balaban J connectivity index is 1.62. The molecular weight excluding hydrogens is 252 g/mol. The first-order valence-electron chi connectivity index (χ1n) is 6.49. The van der Waals surface area contributed by atoms with Crippen molar-refractivity contribution < 1.29 is 8.42 Å². The first-order valence-corrected chi connectivity index (χ1v) is 8.31. The molecule has 6 nitrogen and oxygen atoms in total. The Labute approximate surface area is 107 Å². The molecule has 3 heterocycles. The molecule has 0 amide bonds. The summed E-state index contributed by atoms with van der Waals surface area (Å²) in [6.07, 6.45) is 4.08. The summed E-state index contributed by atoms with van der Waals surface area (Å²) < 4.78 is 24.9. The highest BCUT2D eigenvalue weighted by Gasteiger charge is 2.27. The molecule has 1 saturated heterocycles. The summed E-state index contributed by atoms with van der Waals surface area (Å²) in [5.74, 6) is 2.57. The molecule has 1 N–H and O–H groups in total. The summed E-state index contributed by atoms with van der Waals surface area (Å²) in [7, 11) is -2.81. The van der Waals surface area contributed by atoms with Gasteiger partial charge in [0.1, 0.15) is 11.6 Å². The topological polar surface area (TPSA) is 76.9 Å². The largest absolute Gasteiger partial charge is 0.314 e. The highest BCUT2D eigenvalue weighted by atomic mass is 32.2. The van der Waals surface area contributed by atoms with Gasteiger partial charge in [0.15, 0.2) is 9.84 Å². The van der Waals surface area contributed by atoms with Crippen molar-refractivity contribution in [3.05, 3.63) is 11.6 Å². The molecule has 0 aromatic carbocycles. The Bertz CT molecular complexity index is 537. The van der Waals surface area contributed by atoms with E-state index < -0.39 is 9.84 Å². The van der Waals surface area contributed by atoms with Crippen LogP contribution in [0.3, 0.4) is 0 Å². The van der Waals surface area contributed by atoms with Crippen LogP contribution < -0.4 is 5.32 Å². The van der Waals surface area contributed by atoms with Gasteiger partial charge in [-0.2, -0.15) is 0 Å². The zero-order chi connectivity index (χ0) is 12.6. The third kappa shape index (κ3) is 2.42. The van der Waals surface area contributed by atoms with Gasteiger partial charge in [-0.1, -0.05) is 0 Å². The van der Waals surface area contributed by atoms with E-state index in [0.717, 1.165) is 24.6 Å². The van der Waals surface area contributed by atoms with E-state index in [1.54, 1.807) is 0 Å². The number of nitrogens with zero attached hydrogens (tertiary/aromatic N) is 3. The average molecular weight is 270 g/mol.